The molecule has 2 aromatic carbocycles. The minimum Gasteiger partial charge on any atom is -0.444 e. The van der Waals surface area contributed by atoms with E-state index in [1.807, 2.05) is 47.2 Å². The van der Waals surface area contributed by atoms with E-state index in [0.29, 0.717) is 70.6 Å². The average molecular weight is 1210 g/mol. The Kier molecular flexibility index (Phi) is 20.1. The van der Waals surface area contributed by atoms with Crippen molar-refractivity contribution in [3.63, 3.8) is 0 Å². The second-order valence-electron chi connectivity index (χ2n) is 26.9. The van der Waals surface area contributed by atoms with Crippen LogP contribution >= 0.6 is 0 Å². The zero-order valence-corrected chi connectivity index (χ0v) is 52.5. The molecule has 6 N–H and O–H groups in total. The van der Waals surface area contributed by atoms with Gasteiger partial charge in [0.1, 0.15) is 29.5 Å². The van der Waals surface area contributed by atoms with Crippen LogP contribution in [0.4, 0.5) is 26.9 Å². The number of hydrogen-bond acceptors (Lipinski definition) is 13. The second kappa shape index (κ2) is 27.9. The number of amides is 9. The number of likely N-dealkylation sites (tertiary alicyclic amines) is 2. The van der Waals surface area contributed by atoms with Gasteiger partial charge in [-0.3, -0.25) is 33.7 Å². The first-order chi connectivity index (χ1) is 42.2. The number of anilines is 3. The van der Waals surface area contributed by atoms with Gasteiger partial charge in [-0.25, -0.2) is 19.6 Å². The first-order valence-electron chi connectivity index (χ1n) is 32.5. The largest absolute Gasteiger partial charge is 0.444 e. The van der Waals surface area contributed by atoms with Crippen molar-refractivity contribution < 1.29 is 43.1 Å². The van der Waals surface area contributed by atoms with E-state index >= 15 is 4.79 Å². The molecule has 4 aliphatic heterocycles. The Morgan fingerprint density at radius 1 is 0.761 bits per heavy atom. The van der Waals surface area contributed by atoms with Gasteiger partial charge in [0, 0.05) is 83.5 Å². The molecule has 3 aliphatic carbocycles. The molecule has 476 valence electrons. The van der Waals surface area contributed by atoms with Crippen molar-refractivity contribution in [2.24, 2.45) is 23.5 Å². The van der Waals surface area contributed by atoms with Gasteiger partial charge in [0.05, 0.1) is 18.3 Å². The molecule has 5 heterocycles. The lowest BCUT2D eigenvalue weighted by Crippen LogP contribution is -2.59. The zero-order chi connectivity index (χ0) is 62.4. The number of likely N-dealkylation sites (N-methyl/N-ethyl adjacent to an activating group) is 2. The molecular formula is C66H93N13O9. The predicted molar refractivity (Wildman–Crippen MR) is 333 cm³/mol. The number of rotatable bonds is 16. The van der Waals surface area contributed by atoms with Crippen molar-refractivity contribution in [1.82, 2.24) is 50.4 Å². The number of nitrogens with one attached hydrogen (secondary N) is 4. The van der Waals surface area contributed by atoms with E-state index in [1.54, 1.807) is 43.7 Å². The average Bonchev–Trinajstić information content (AvgIpc) is 2.62. The van der Waals surface area contributed by atoms with E-state index < -0.39 is 47.7 Å². The van der Waals surface area contributed by atoms with E-state index in [2.05, 4.69) is 49.4 Å². The summed E-state index contributed by atoms with van der Waals surface area (Å²) in [6, 6.07) is 12.7. The fourth-order valence-corrected chi connectivity index (χ4v) is 14.6. The maximum atomic E-state index is 15.2. The molecule has 4 saturated heterocycles. The summed E-state index contributed by atoms with van der Waals surface area (Å²) < 4.78 is 5.56. The number of aryl methyl sites for hydroxylation is 1. The first-order valence-corrected chi connectivity index (χ1v) is 32.5. The molecule has 8 atom stereocenters. The van der Waals surface area contributed by atoms with Crippen molar-refractivity contribution in [1.29, 1.82) is 0 Å². The lowest BCUT2D eigenvalue weighted by molar-refractivity contribution is -0.143. The maximum Gasteiger partial charge on any atom is 0.410 e. The number of primary amides is 1. The highest BCUT2D eigenvalue weighted by molar-refractivity contribution is 5.97. The molecule has 9 amide bonds. The molecule has 1 aromatic heterocycles. The summed E-state index contributed by atoms with van der Waals surface area (Å²) in [7, 11) is 3.32. The molecule has 0 bridgehead atoms. The number of aromatic nitrogens is 2. The molecule has 2 saturated carbocycles. The number of benzene rings is 2. The monoisotopic (exact) mass is 1210 g/mol. The number of urea groups is 1. The van der Waals surface area contributed by atoms with Crippen LogP contribution in [0.5, 0.6) is 0 Å². The van der Waals surface area contributed by atoms with Crippen LogP contribution in [-0.4, -0.2) is 178 Å². The van der Waals surface area contributed by atoms with Crippen LogP contribution in [0.25, 0.3) is 0 Å². The number of ether oxygens (including phenoxy) is 1. The SMILES string of the molecule is C[C@@H](C(=O)N[C@H](C(=O)N1C[C@@H](NC(=O)C2CCCC(C(=O)N3CCC(c4ccc(Nc5nc(N6CCC[C@@H](N7CCN(C)C7=O)C6)cnc5C(N)=O)cc4)CC3)CC2)C[C@H]1C(=O)N[C@@H]1CCCc2ccccc21)C1CCCCC1)N(C)C(=O)OC(C)(C)C. The van der Waals surface area contributed by atoms with Crippen LogP contribution in [0.3, 0.4) is 0 Å². The molecule has 22 nitrogen and oxygen atoms in total. The van der Waals surface area contributed by atoms with Gasteiger partial charge < -0.3 is 56.2 Å². The lowest BCUT2D eigenvalue weighted by Gasteiger charge is -2.37. The van der Waals surface area contributed by atoms with Gasteiger partial charge in [0.2, 0.25) is 29.5 Å². The number of piperidine rings is 2. The highest BCUT2D eigenvalue weighted by Crippen LogP contribution is 2.37. The van der Waals surface area contributed by atoms with Crippen molar-refractivity contribution >= 4 is 64.9 Å². The Bertz CT molecular complexity index is 3030. The van der Waals surface area contributed by atoms with Gasteiger partial charge in [0.15, 0.2) is 11.5 Å². The molecule has 10 rings (SSSR count). The molecule has 22 heteroatoms. The van der Waals surface area contributed by atoms with Gasteiger partial charge in [-0.05, 0) is 158 Å². The quantitative estimate of drug-likeness (QED) is 0.0893. The molecule has 88 heavy (non-hydrogen) atoms. The minimum atomic E-state index is -0.958. The second-order valence-corrected chi connectivity index (χ2v) is 26.9. The van der Waals surface area contributed by atoms with Gasteiger partial charge in [-0.1, -0.05) is 62.1 Å². The summed E-state index contributed by atoms with van der Waals surface area (Å²) in [4.78, 5) is 131. The van der Waals surface area contributed by atoms with Gasteiger partial charge in [-0.15, -0.1) is 0 Å². The van der Waals surface area contributed by atoms with Crippen molar-refractivity contribution in [2.45, 2.75) is 191 Å². The Morgan fingerprint density at radius 3 is 2.20 bits per heavy atom. The highest BCUT2D eigenvalue weighted by Gasteiger charge is 2.46. The third-order valence-corrected chi connectivity index (χ3v) is 19.8. The van der Waals surface area contributed by atoms with Crippen LogP contribution in [-0.2, 0) is 35.1 Å². The number of carbonyl (C=O) groups excluding carboxylic acids is 8. The molecule has 0 spiro atoms. The van der Waals surface area contributed by atoms with Crippen LogP contribution < -0.4 is 31.9 Å². The fourth-order valence-electron chi connectivity index (χ4n) is 14.6. The number of nitrogens with two attached hydrogens (primary N) is 1. The Hall–Kier alpha value is -7.52. The fraction of sp³-hybridized carbons (Fsp3) is 0.636. The molecule has 6 fully saturated rings. The van der Waals surface area contributed by atoms with Crippen LogP contribution in [0, 0.1) is 17.8 Å². The van der Waals surface area contributed by atoms with Crippen LogP contribution in [0.15, 0.2) is 54.7 Å². The number of nitrogens with zero attached hydrogens (tertiary/aromatic N) is 8. The Morgan fingerprint density at radius 2 is 1.49 bits per heavy atom. The summed E-state index contributed by atoms with van der Waals surface area (Å²) in [6.07, 6.45) is 14.5. The highest BCUT2D eigenvalue weighted by atomic mass is 16.6. The zero-order valence-electron chi connectivity index (χ0n) is 52.5. The van der Waals surface area contributed by atoms with Gasteiger partial charge >= 0.3 is 12.1 Å². The third kappa shape index (κ3) is 15.0. The summed E-state index contributed by atoms with van der Waals surface area (Å²) in [5.74, 6) is -1.48. The van der Waals surface area contributed by atoms with E-state index in [0.717, 1.165) is 100 Å². The maximum absolute atomic E-state index is 15.2. The molecule has 2 unspecified atom stereocenters. The van der Waals surface area contributed by atoms with E-state index in [1.165, 1.54) is 17.5 Å². The van der Waals surface area contributed by atoms with Gasteiger partial charge in [0.25, 0.3) is 5.91 Å². The Balaban J connectivity index is 0.743. The molecule has 3 aromatic rings. The summed E-state index contributed by atoms with van der Waals surface area (Å²) in [5.41, 5.74) is 9.16. The van der Waals surface area contributed by atoms with Crippen molar-refractivity contribution in [3.8, 4) is 0 Å². The standard InChI is InChI=1S/C66H93N13O9/c1-41(75(6)65(87)88-66(2,3)4)59(81)73-55(45-16-8-7-9-17-45)63(85)79-39-49(37-53(79)61(83)71-52-23-13-18-44-15-10-11-22-51(44)52)70-60(82)46-19-12-20-47(25-24-46)62(84)76-33-30-43(31-34-76)42-26-28-48(29-27-42)69-58-56(57(67)80)68-38-54(72-58)77-32-14-21-50(40-77)78-36-35-74(5)64(78)86/h10-11,15,22,26-29,38,41,43,45-47,49-50,52-53,55H,7-9,12-14,16-21,23-25,30-37,39-40H2,1-6H3,(H2,67,80)(H,69,72)(H,70,82)(H,71,83)(H,73,81)/t41-,46?,47?,49-,50+,52+,53-,55-/m0/s1. The predicted octanol–water partition coefficient (Wildman–Crippen LogP) is 7.16. The van der Waals surface area contributed by atoms with E-state index in [-0.39, 0.29) is 89.9 Å². The number of carbonyl (C=O) groups is 8. The molecular weight excluding hydrogens is 1120 g/mol. The molecule has 0 radical (unpaired) electrons. The minimum absolute atomic E-state index is 0.0355. The van der Waals surface area contributed by atoms with Crippen LogP contribution in [0.1, 0.15) is 176 Å². The summed E-state index contributed by atoms with van der Waals surface area (Å²) >= 11 is 0. The summed E-state index contributed by atoms with van der Waals surface area (Å²) in [6.45, 7) is 11.0. The topological polar surface area (TPSA) is 265 Å². The Labute approximate surface area is 518 Å². The van der Waals surface area contributed by atoms with E-state index in [9.17, 15) is 33.6 Å². The van der Waals surface area contributed by atoms with E-state index in [4.69, 9.17) is 15.5 Å². The van der Waals surface area contributed by atoms with Crippen molar-refractivity contribution in [2.75, 3.05) is 70.1 Å². The summed E-state index contributed by atoms with van der Waals surface area (Å²) in [5, 5.41) is 12.9. The molecule has 7 aliphatic rings. The first kappa shape index (κ1) is 63.5. The van der Waals surface area contributed by atoms with Crippen molar-refractivity contribution in [3.05, 3.63) is 77.1 Å². The normalized spacial score (nSPS) is 24.6. The number of fused-ring (bicyclic) bond motifs is 1. The lowest BCUT2D eigenvalue weighted by atomic mass is 9.83. The smallest absolute Gasteiger partial charge is 0.410 e. The third-order valence-electron chi connectivity index (χ3n) is 19.8. The van der Waals surface area contributed by atoms with Crippen LogP contribution in [0.2, 0.25) is 0 Å². The van der Waals surface area contributed by atoms with Gasteiger partial charge in [-0.2, -0.15) is 0 Å². The number of hydrogen-bond donors (Lipinski definition) is 5.